The number of halogens is 3. The van der Waals surface area contributed by atoms with Crippen LogP contribution in [0.5, 0.6) is 0 Å². The summed E-state index contributed by atoms with van der Waals surface area (Å²) < 4.78 is 53.2. The second kappa shape index (κ2) is 9.37. The van der Waals surface area contributed by atoms with E-state index in [2.05, 4.69) is 20.0 Å². The SMILES string of the molecule is Cc1cc(C(=O)O)nc(N2[C@@H]3CC[C@H]2C[C@H](OCc2c(-c4ccccc4C(F)(F)F)noc2C2CC2)C3)n1. The van der Waals surface area contributed by atoms with Gasteiger partial charge >= 0.3 is 12.1 Å². The fourth-order valence-electron chi connectivity index (χ4n) is 5.85. The first-order valence-electron chi connectivity index (χ1n) is 12.8. The quantitative estimate of drug-likeness (QED) is 0.414. The van der Waals surface area contributed by atoms with Crippen LogP contribution in [0.15, 0.2) is 34.9 Å². The summed E-state index contributed by atoms with van der Waals surface area (Å²) in [4.78, 5) is 22.4. The molecule has 1 saturated carbocycles. The zero-order chi connectivity index (χ0) is 26.6. The highest BCUT2D eigenvalue weighted by Crippen LogP contribution is 2.46. The minimum atomic E-state index is -4.52. The summed E-state index contributed by atoms with van der Waals surface area (Å²) in [6.07, 6.45) is 0.408. The number of rotatable bonds is 7. The third kappa shape index (κ3) is 4.63. The number of ether oxygens (including phenoxy) is 1. The number of piperidine rings is 1. The van der Waals surface area contributed by atoms with Crippen molar-refractivity contribution in [3.05, 3.63) is 58.6 Å². The van der Waals surface area contributed by atoms with Crippen molar-refractivity contribution >= 4 is 11.9 Å². The van der Waals surface area contributed by atoms with Crippen LogP contribution in [0.4, 0.5) is 19.1 Å². The van der Waals surface area contributed by atoms with E-state index in [1.807, 2.05) is 0 Å². The van der Waals surface area contributed by atoms with Crippen LogP contribution in [0.25, 0.3) is 11.3 Å². The summed E-state index contributed by atoms with van der Waals surface area (Å²) in [6, 6.07) is 7.06. The molecule has 0 amide bonds. The Kier molecular flexibility index (Phi) is 6.13. The van der Waals surface area contributed by atoms with Crippen LogP contribution < -0.4 is 4.90 Å². The molecule has 3 fully saturated rings. The molecule has 2 aliphatic heterocycles. The lowest BCUT2D eigenvalue weighted by molar-refractivity contribution is -0.137. The van der Waals surface area contributed by atoms with Crippen molar-refractivity contribution in [1.29, 1.82) is 0 Å². The van der Waals surface area contributed by atoms with Gasteiger partial charge in [-0.2, -0.15) is 13.2 Å². The van der Waals surface area contributed by atoms with E-state index in [4.69, 9.17) is 9.26 Å². The molecular formula is C27H27F3N4O4. The van der Waals surface area contributed by atoms with E-state index in [-0.39, 0.29) is 47.7 Å². The van der Waals surface area contributed by atoms with E-state index in [0.717, 1.165) is 31.7 Å². The molecular weight excluding hydrogens is 501 g/mol. The standard InChI is InChI=1S/C27H27F3N4O4/c1-14-10-22(25(35)36)32-26(31-14)34-16-8-9-17(34)12-18(11-16)37-13-20-23(33-38-24(20)15-6-7-15)19-4-2-3-5-21(19)27(28,29)30/h2-5,10,15-18H,6-9,11-13H2,1H3,(H,35,36)/t16-,17+,18-. The average molecular weight is 529 g/mol. The third-order valence-corrected chi connectivity index (χ3v) is 7.70. The first kappa shape index (κ1) is 24.8. The van der Waals surface area contributed by atoms with Gasteiger partial charge < -0.3 is 19.3 Å². The Labute approximate surface area is 216 Å². The van der Waals surface area contributed by atoms with Crippen molar-refractivity contribution < 1.29 is 32.3 Å². The number of aromatic nitrogens is 3. The molecule has 6 rings (SSSR count). The first-order chi connectivity index (χ1) is 18.2. The predicted octanol–water partition coefficient (Wildman–Crippen LogP) is 5.75. The minimum Gasteiger partial charge on any atom is -0.477 e. The second-order valence-corrected chi connectivity index (χ2v) is 10.4. The Morgan fingerprint density at radius 1 is 1.13 bits per heavy atom. The number of alkyl halides is 3. The van der Waals surface area contributed by atoms with E-state index < -0.39 is 17.7 Å². The molecule has 3 aliphatic rings. The number of aromatic carboxylic acids is 1. The van der Waals surface area contributed by atoms with Gasteiger partial charge in [0.2, 0.25) is 5.95 Å². The molecule has 2 aromatic heterocycles. The lowest BCUT2D eigenvalue weighted by Gasteiger charge is -2.39. The molecule has 1 aliphatic carbocycles. The highest BCUT2D eigenvalue weighted by Gasteiger charge is 2.43. The molecule has 3 atom stereocenters. The Bertz CT molecular complexity index is 1360. The van der Waals surface area contributed by atoms with Gasteiger partial charge in [0.05, 0.1) is 18.3 Å². The van der Waals surface area contributed by atoms with E-state index in [1.54, 1.807) is 13.0 Å². The number of aryl methyl sites for hydroxylation is 1. The average Bonchev–Trinajstić information content (AvgIpc) is 3.57. The van der Waals surface area contributed by atoms with E-state index >= 15 is 0 Å². The van der Waals surface area contributed by atoms with Crippen molar-refractivity contribution in [3.63, 3.8) is 0 Å². The molecule has 2 bridgehead atoms. The number of carbonyl (C=O) groups is 1. The minimum absolute atomic E-state index is 0.00466. The Morgan fingerprint density at radius 2 is 1.84 bits per heavy atom. The summed E-state index contributed by atoms with van der Waals surface area (Å²) in [5.41, 5.74) is 0.590. The topological polar surface area (TPSA) is 102 Å². The highest BCUT2D eigenvalue weighted by atomic mass is 19.4. The van der Waals surface area contributed by atoms with Gasteiger partial charge in [0.15, 0.2) is 5.69 Å². The van der Waals surface area contributed by atoms with Crippen molar-refractivity contribution in [1.82, 2.24) is 15.1 Å². The Balaban J connectivity index is 1.22. The summed E-state index contributed by atoms with van der Waals surface area (Å²) in [5.74, 6) is 0.111. The number of anilines is 1. The van der Waals surface area contributed by atoms with Crippen LogP contribution in [0.2, 0.25) is 0 Å². The van der Waals surface area contributed by atoms with Crippen LogP contribution in [0.3, 0.4) is 0 Å². The monoisotopic (exact) mass is 528 g/mol. The molecule has 0 unspecified atom stereocenters. The summed E-state index contributed by atoms with van der Waals surface area (Å²) >= 11 is 0. The van der Waals surface area contributed by atoms with Crippen molar-refractivity contribution in [2.45, 2.75) is 82.3 Å². The van der Waals surface area contributed by atoms with Gasteiger partial charge in [0.1, 0.15) is 11.5 Å². The summed E-state index contributed by atoms with van der Waals surface area (Å²) in [5, 5.41) is 13.5. The normalized spacial score (nSPS) is 23.2. The molecule has 11 heteroatoms. The maximum absolute atomic E-state index is 13.7. The fraction of sp³-hybridized carbons (Fsp3) is 0.481. The van der Waals surface area contributed by atoms with Gasteiger partial charge in [0, 0.05) is 34.8 Å². The molecule has 1 N–H and O–H groups in total. The Morgan fingerprint density at radius 3 is 2.50 bits per heavy atom. The number of hydrogen-bond donors (Lipinski definition) is 1. The zero-order valence-corrected chi connectivity index (χ0v) is 20.7. The van der Waals surface area contributed by atoms with Gasteiger partial charge in [-0.25, -0.2) is 14.8 Å². The fourth-order valence-corrected chi connectivity index (χ4v) is 5.85. The number of fused-ring (bicyclic) bond motifs is 2. The van der Waals surface area contributed by atoms with Crippen LogP contribution in [-0.2, 0) is 17.5 Å². The molecule has 4 heterocycles. The third-order valence-electron chi connectivity index (χ3n) is 7.70. The zero-order valence-electron chi connectivity index (χ0n) is 20.7. The molecule has 2 saturated heterocycles. The van der Waals surface area contributed by atoms with E-state index in [1.165, 1.54) is 18.2 Å². The second-order valence-electron chi connectivity index (χ2n) is 10.4. The molecule has 38 heavy (non-hydrogen) atoms. The smallest absolute Gasteiger partial charge is 0.417 e. The molecule has 200 valence electrons. The number of carboxylic acids is 1. The van der Waals surface area contributed by atoms with Crippen LogP contribution >= 0.6 is 0 Å². The maximum atomic E-state index is 13.7. The lowest BCUT2D eigenvalue weighted by Crippen LogP contribution is -2.46. The van der Waals surface area contributed by atoms with Gasteiger partial charge in [-0.1, -0.05) is 23.4 Å². The van der Waals surface area contributed by atoms with Crippen LogP contribution in [-0.4, -0.2) is 44.4 Å². The van der Waals surface area contributed by atoms with E-state index in [0.29, 0.717) is 35.8 Å². The number of hydrogen-bond acceptors (Lipinski definition) is 7. The first-order valence-corrected chi connectivity index (χ1v) is 12.8. The van der Waals surface area contributed by atoms with Crippen molar-refractivity contribution in [2.75, 3.05) is 4.90 Å². The van der Waals surface area contributed by atoms with Crippen LogP contribution in [0.1, 0.15) is 77.5 Å². The summed E-state index contributed by atoms with van der Waals surface area (Å²) in [7, 11) is 0. The largest absolute Gasteiger partial charge is 0.477 e. The van der Waals surface area contributed by atoms with E-state index in [9.17, 15) is 23.1 Å². The lowest BCUT2D eigenvalue weighted by atomic mass is 9.98. The van der Waals surface area contributed by atoms with Gasteiger partial charge in [-0.15, -0.1) is 0 Å². The number of benzene rings is 1. The van der Waals surface area contributed by atoms with Crippen molar-refractivity contribution in [3.8, 4) is 11.3 Å². The summed E-state index contributed by atoms with van der Waals surface area (Å²) in [6.45, 7) is 1.87. The predicted molar refractivity (Wildman–Crippen MR) is 130 cm³/mol. The van der Waals surface area contributed by atoms with Gasteiger partial charge in [0.25, 0.3) is 0 Å². The Hall–Kier alpha value is -3.47. The molecule has 8 nitrogen and oxygen atoms in total. The van der Waals surface area contributed by atoms with Crippen molar-refractivity contribution in [2.24, 2.45) is 0 Å². The number of nitrogens with zero attached hydrogens (tertiary/aromatic N) is 4. The highest BCUT2D eigenvalue weighted by molar-refractivity contribution is 5.85. The molecule has 0 radical (unpaired) electrons. The number of carboxylic acid groups (broad SMARTS) is 1. The molecule has 3 aromatic rings. The van der Waals surface area contributed by atoms with Gasteiger partial charge in [-0.3, -0.25) is 0 Å². The molecule has 1 aromatic carbocycles. The maximum Gasteiger partial charge on any atom is 0.417 e. The molecule has 0 spiro atoms. The van der Waals surface area contributed by atoms with Gasteiger partial charge in [-0.05, 0) is 57.6 Å². The van der Waals surface area contributed by atoms with Crippen LogP contribution in [0, 0.1) is 6.92 Å².